The minimum Gasteiger partial charge on any atom is -0.383 e. The van der Waals surface area contributed by atoms with Crippen molar-refractivity contribution in [2.45, 2.75) is 19.4 Å². The maximum absolute atomic E-state index is 11.8. The van der Waals surface area contributed by atoms with Gasteiger partial charge in [-0.2, -0.15) is 5.10 Å². The van der Waals surface area contributed by atoms with Crippen LogP contribution < -0.4 is 11.1 Å². The Labute approximate surface area is 111 Å². The lowest BCUT2D eigenvalue weighted by Crippen LogP contribution is -2.25. The van der Waals surface area contributed by atoms with Crippen LogP contribution in [-0.4, -0.2) is 31.8 Å². The highest BCUT2D eigenvalue weighted by Crippen LogP contribution is 2.08. The van der Waals surface area contributed by atoms with Crippen molar-refractivity contribution >= 4 is 11.7 Å². The van der Waals surface area contributed by atoms with Crippen LogP contribution in [0.5, 0.6) is 0 Å². The van der Waals surface area contributed by atoms with E-state index in [9.17, 15) is 4.79 Å². The highest BCUT2D eigenvalue weighted by Gasteiger charge is 2.12. The molecule has 0 aliphatic heterocycles. The molecule has 19 heavy (non-hydrogen) atoms. The van der Waals surface area contributed by atoms with Crippen LogP contribution in [0.25, 0.3) is 0 Å². The Morgan fingerprint density at radius 1 is 1.47 bits per heavy atom. The number of hydrogen-bond donors (Lipinski definition) is 2. The molecule has 0 aliphatic rings. The van der Waals surface area contributed by atoms with Crippen molar-refractivity contribution in [3.8, 4) is 0 Å². The molecule has 0 saturated heterocycles. The normalized spacial score (nSPS) is 10.6. The SMILES string of the molecule is Cn1ncc(C(=O)NCCCCn2ccnc2)c1N. The number of aromatic nitrogens is 4. The van der Waals surface area contributed by atoms with E-state index in [1.807, 2.05) is 10.8 Å². The molecule has 7 nitrogen and oxygen atoms in total. The highest BCUT2D eigenvalue weighted by atomic mass is 16.1. The topological polar surface area (TPSA) is 90.8 Å². The number of amides is 1. The first-order chi connectivity index (χ1) is 9.18. The van der Waals surface area contributed by atoms with E-state index in [-0.39, 0.29) is 5.91 Å². The van der Waals surface area contributed by atoms with Gasteiger partial charge in [0.25, 0.3) is 5.91 Å². The Balaban J connectivity index is 1.68. The average molecular weight is 262 g/mol. The van der Waals surface area contributed by atoms with Gasteiger partial charge in [0.05, 0.1) is 12.5 Å². The number of anilines is 1. The Hall–Kier alpha value is -2.31. The van der Waals surface area contributed by atoms with Gasteiger partial charge < -0.3 is 15.6 Å². The summed E-state index contributed by atoms with van der Waals surface area (Å²) in [5.74, 6) is 0.212. The van der Waals surface area contributed by atoms with E-state index in [4.69, 9.17) is 5.73 Å². The molecule has 3 N–H and O–H groups in total. The monoisotopic (exact) mass is 262 g/mol. The molecule has 2 aromatic heterocycles. The number of imidazole rings is 1. The van der Waals surface area contributed by atoms with Crippen LogP contribution in [0.3, 0.4) is 0 Å². The van der Waals surface area contributed by atoms with E-state index in [1.165, 1.54) is 10.9 Å². The zero-order valence-electron chi connectivity index (χ0n) is 10.9. The van der Waals surface area contributed by atoms with Crippen LogP contribution in [0.4, 0.5) is 5.82 Å². The van der Waals surface area contributed by atoms with Crippen molar-refractivity contribution in [3.63, 3.8) is 0 Å². The van der Waals surface area contributed by atoms with Crippen molar-refractivity contribution in [2.24, 2.45) is 7.05 Å². The maximum atomic E-state index is 11.8. The Bertz CT molecular complexity index is 530. The van der Waals surface area contributed by atoms with Gasteiger partial charge in [0.1, 0.15) is 11.4 Å². The number of nitrogens with zero attached hydrogens (tertiary/aromatic N) is 4. The van der Waals surface area contributed by atoms with E-state index >= 15 is 0 Å². The number of nitrogens with two attached hydrogens (primary N) is 1. The first kappa shape index (κ1) is 13.1. The van der Waals surface area contributed by atoms with Gasteiger partial charge in [-0.05, 0) is 12.8 Å². The van der Waals surface area contributed by atoms with Crippen molar-refractivity contribution in [3.05, 3.63) is 30.5 Å². The van der Waals surface area contributed by atoms with Crippen molar-refractivity contribution in [1.82, 2.24) is 24.6 Å². The number of aryl methyl sites for hydroxylation is 2. The van der Waals surface area contributed by atoms with Crippen LogP contribution in [-0.2, 0) is 13.6 Å². The number of nitrogens with one attached hydrogen (secondary N) is 1. The quantitative estimate of drug-likeness (QED) is 0.738. The first-order valence-corrected chi connectivity index (χ1v) is 6.20. The summed E-state index contributed by atoms with van der Waals surface area (Å²) in [6.45, 7) is 1.53. The van der Waals surface area contributed by atoms with Crippen molar-refractivity contribution in [2.75, 3.05) is 12.3 Å². The van der Waals surface area contributed by atoms with Gasteiger partial charge in [0.2, 0.25) is 0 Å². The van der Waals surface area contributed by atoms with Gasteiger partial charge in [0, 0.05) is 32.5 Å². The minimum absolute atomic E-state index is 0.173. The molecule has 1 amide bonds. The lowest BCUT2D eigenvalue weighted by Gasteiger charge is -2.05. The smallest absolute Gasteiger partial charge is 0.256 e. The lowest BCUT2D eigenvalue weighted by molar-refractivity contribution is 0.0953. The molecule has 0 spiro atoms. The lowest BCUT2D eigenvalue weighted by atomic mass is 10.2. The summed E-state index contributed by atoms with van der Waals surface area (Å²) in [5, 5.41) is 6.77. The fraction of sp³-hybridized carbons (Fsp3) is 0.417. The van der Waals surface area contributed by atoms with Gasteiger partial charge in [-0.1, -0.05) is 0 Å². The fourth-order valence-electron chi connectivity index (χ4n) is 1.76. The molecule has 0 atom stereocenters. The standard InChI is InChI=1S/C12H18N6O/c1-17-11(13)10(8-16-17)12(19)15-4-2-3-6-18-7-5-14-9-18/h5,7-9H,2-4,6,13H2,1H3,(H,15,19). The van der Waals surface area contributed by atoms with Gasteiger partial charge in [0.15, 0.2) is 0 Å². The van der Waals surface area contributed by atoms with Crippen LogP contribution >= 0.6 is 0 Å². The summed E-state index contributed by atoms with van der Waals surface area (Å²) in [6.07, 6.45) is 8.84. The number of unbranched alkanes of at least 4 members (excludes halogenated alkanes) is 1. The maximum Gasteiger partial charge on any atom is 0.256 e. The van der Waals surface area contributed by atoms with Crippen LogP contribution in [0.15, 0.2) is 24.9 Å². The second-order valence-corrected chi connectivity index (χ2v) is 4.33. The number of carbonyl (C=O) groups excluding carboxylic acids is 1. The van der Waals surface area contributed by atoms with Crippen LogP contribution in [0, 0.1) is 0 Å². The van der Waals surface area contributed by atoms with E-state index in [2.05, 4.69) is 15.4 Å². The van der Waals surface area contributed by atoms with E-state index < -0.39 is 0 Å². The fourth-order valence-corrected chi connectivity index (χ4v) is 1.76. The van der Waals surface area contributed by atoms with Crippen molar-refractivity contribution < 1.29 is 4.79 Å². The predicted molar refractivity (Wildman–Crippen MR) is 71.4 cm³/mol. The second-order valence-electron chi connectivity index (χ2n) is 4.33. The zero-order chi connectivity index (χ0) is 13.7. The molecular weight excluding hydrogens is 244 g/mol. The molecule has 0 fully saturated rings. The number of rotatable bonds is 6. The minimum atomic E-state index is -0.173. The van der Waals surface area contributed by atoms with E-state index in [0.29, 0.717) is 17.9 Å². The number of carbonyl (C=O) groups is 1. The van der Waals surface area contributed by atoms with Gasteiger partial charge in [-0.25, -0.2) is 4.98 Å². The Kier molecular flexibility index (Phi) is 4.17. The second kappa shape index (κ2) is 6.03. The molecule has 0 aliphatic carbocycles. The molecule has 2 aromatic rings. The summed E-state index contributed by atoms with van der Waals surface area (Å²) in [4.78, 5) is 15.8. The van der Waals surface area contributed by atoms with Crippen LogP contribution in [0.2, 0.25) is 0 Å². The number of hydrogen-bond acceptors (Lipinski definition) is 4. The van der Waals surface area contributed by atoms with Crippen LogP contribution in [0.1, 0.15) is 23.2 Å². The number of nitrogen functional groups attached to an aromatic ring is 1. The highest BCUT2D eigenvalue weighted by molar-refractivity contribution is 5.98. The summed E-state index contributed by atoms with van der Waals surface area (Å²) in [5.41, 5.74) is 6.16. The van der Waals surface area contributed by atoms with Gasteiger partial charge >= 0.3 is 0 Å². The zero-order valence-corrected chi connectivity index (χ0v) is 10.9. The molecule has 7 heteroatoms. The molecule has 2 heterocycles. The Morgan fingerprint density at radius 3 is 2.95 bits per heavy atom. The largest absolute Gasteiger partial charge is 0.383 e. The van der Waals surface area contributed by atoms with E-state index in [0.717, 1.165) is 19.4 Å². The Morgan fingerprint density at radius 2 is 2.32 bits per heavy atom. The average Bonchev–Trinajstić information content (AvgIpc) is 3.01. The van der Waals surface area contributed by atoms with Crippen molar-refractivity contribution in [1.29, 1.82) is 0 Å². The van der Waals surface area contributed by atoms with E-state index in [1.54, 1.807) is 19.6 Å². The molecule has 0 aromatic carbocycles. The molecule has 0 bridgehead atoms. The summed E-state index contributed by atoms with van der Waals surface area (Å²) in [6, 6.07) is 0. The predicted octanol–water partition coefficient (Wildman–Crippen LogP) is 0.409. The third-order valence-electron chi connectivity index (χ3n) is 2.92. The third-order valence-corrected chi connectivity index (χ3v) is 2.92. The summed E-state index contributed by atoms with van der Waals surface area (Å²) < 4.78 is 3.49. The third kappa shape index (κ3) is 3.34. The summed E-state index contributed by atoms with van der Waals surface area (Å²) in [7, 11) is 1.71. The molecule has 0 unspecified atom stereocenters. The molecule has 2 rings (SSSR count). The molecule has 102 valence electrons. The first-order valence-electron chi connectivity index (χ1n) is 6.20. The molecular formula is C12H18N6O. The molecule has 0 radical (unpaired) electrons. The van der Waals surface area contributed by atoms with Gasteiger partial charge in [-0.15, -0.1) is 0 Å². The van der Waals surface area contributed by atoms with Gasteiger partial charge in [-0.3, -0.25) is 9.48 Å². The summed E-state index contributed by atoms with van der Waals surface area (Å²) >= 11 is 0. The molecule has 0 saturated carbocycles.